The smallest absolute Gasteiger partial charge is 0.341 e. The second-order valence-electron chi connectivity index (χ2n) is 6.89. The minimum Gasteiger partial charge on any atom is -0.492 e. The van der Waals surface area contributed by atoms with E-state index in [1.54, 1.807) is 31.2 Å². The number of para-hydroxylation sites is 2. The SMILES string of the molecule is CCOc1ccccc1NC(=O)c1sc(NC(=O)c2ccc([N+](=O)[O-])cc2)c(C(=O)OC)c1C. The van der Waals surface area contributed by atoms with Gasteiger partial charge in [-0.05, 0) is 43.7 Å². The van der Waals surface area contributed by atoms with Gasteiger partial charge in [0, 0.05) is 17.7 Å². The predicted molar refractivity (Wildman–Crippen MR) is 127 cm³/mol. The first kappa shape index (κ1) is 24.4. The van der Waals surface area contributed by atoms with Crippen molar-refractivity contribution >= 4 is 45.5 Å². The summed E-state index contributed by atoms with van der Waals surface area (Å²) in [6, 6.07) is 11.9. The lowest BCUT2D eigenvalue weighted by Gasteiger charge is -2.11. The van der Waals surface area contributed by atoms with Crippen LogP contribution in [0.15, 0.2) is 48.5 Å². The van der Waals surface area contributed by atoms with E-state index in [2.05, 4.69) is 10.6 Å². The molecule has 3 aromatic rings. The Labute approximate surface area is 198 Å². The molecule has 0 atom stereocenters. The van der Waals surface area contributed by atoms with Gasteiger partial charge in [0.05, 0.1) is 34.8 Å². The molecule has 0 aliphatic rings. The van der Waals surface area contributed by atoms with E-state index >= 15 is 0 Å². The van der Waals surface area contributed by atoms with Crippen LogP contribution in [0.5, 0.6) is 5.75 Å². The van der Waals surface area contributed by atoms with E-state index in [0.29, 0.717) is 23.6 Å². The molecule has 0 aliphatic heterocycles. The summed E-state index contributed by atoms with van der Waals surface area (Å²) in [4.78, 5) is 48.6. The van der Waals surface area contributed by atoms with Gasteiger partial charge in [-0.1, -0.05) is 12.1 Å². The van der Waals surface area contributed by atoms with Crippen LogP contribution in [0, 0.1) is 17.0 Å². The highest BCUT2D eigenvalue weighted by atomic mass is 32.1. The summed E-state index contributed by atoms with van der Waals surface area (Å²) >= 11 is 0.914. The number of esters is 1. The number of nitro benzene ring substituents is 1. The maximum Gasteiger partial charge on any atom is 0.341 e. The van der Waals surface area contributed by atoms with Gasteiger partial charge in [0.15, 0.2) is 0 Å². The van der Waals surface area contributed by atoms with Gasteiger partial charge in [-0.3, -0.25) is 19.7 Å². The Balaban J connectivity index is 1.91. The molecule has 0 radical (unpaired) electrons. The predicted octanol–water partition coefficient (Wildman–Crippen LogP) is 4.65. The number of hydrogen-bond donors (Lipinski definition) is 2. The summed E-state index contributed by atoms with van der Waals surface area (Å²) < 4.78 is 10.4. The maximum atomic E-state index is 13.0. The van der Waals surface area contributed by atoms with Crippen LogP contribution in [0.25, 0.3) is 0 Å². The van der Waals surface area contributed by atoms with Gasteiger partial charge >= 0.3 is 5.97 Å². The summed E-state index contributed by atoms with van der Waals surface area (Å²) in [6.07, 6.45) is 0. The number of nitrogens with one attached hydrogen (secondary N) is 2. The molecule has 0 unspecified atom stereocenters. The molecule has 3 rings (SSSR count). The lowest BCUT2D eigenvalue weighted by Crippen LogP contribution is -2.14. The quantitative estimate of drug-likeness (QED) is 0.270. The minimum atomic E-state index is -0.721. The van der Waals surface area contributed by atoms with E-state index in [1.165, 1.54) is 31.4 Å². The summed E-state index contributed by atoms with van der Waals surface area (Å²) in [5.74, 6) is -1.32. The first-order valence-electron chi connectivity index (χ1n) is 10.1. The van der Waals surface area contributed by atoms with Crippen LogP contribution in [0.3, 0.4) is 0 Å². The van der Waals surface area contributed by atoms with Gasteiger partial charge in [-0.25, -0.2) is 4.79 Å². The number of benzene rings is 2. The van der Waals surface area contributed by atoms with Gasteiger partial charge in [0.1, 0.15) is 10.8 Å². The summed E-state index contributed by atoms with van der Waals surface area (Å²) in [5.41, 5.74) is 0.820. The van der Waals surface area contributed by atoms with Crippen LogP contribution in [-0.4, -0.2) is 36.4 Å². The molecular formula is C23H21N3O7S. The average molecular weight is 484 g/mol. The van der Waals surface area contributed by atoms with Crippen molar-refractivity contribution in [2.45, 2.75) is 13.8 Å². The molecule has 0 aliphatic carbocycles. The van der Waals surface area contributed by atoms with Crippen molar-refractivity contribution in [1.29, 1.82) is 0 Å². The number of ether oxygens (including phenoxy) is 2. The van der Waals surface area contributed by atoms with Crippen LogP contribution in [0.2, 0.25) is 0 Å². The Hall–Kier alpha value is -4.25. The largest absolute Gasteiger partial charge is 0.492 e. The van der Waals surface area contributed by atoms with E-state index in [4.69, 9.17) is 9.47 Å². The summed E-state index contributed by atoms with van der Waals surface area (Å²) in [7, 11) is 1.19. The third-order valence-electron chi connectivity index (χ3n) is 4.75. The van der Waals surface area contributed by atoms with E-state index in [0.717, 1.165) is 11.3 Å². The monoisotopic (exact) mass is 483 g/mol. The molecule has 34 heavy (non-hydrogen) atoms. The number of nitrogens with zero attached hydrogens (tertiary/aromatic N) is 1. The number of methoxy groups -OCH3 is 1. The molecule has 0 saturated heterocycles. The van der Waals surface area contributed by atoms with Gasteiger partial charge in [-0.2, -0.15) is 0 Å². The standard InChI is InChI=1S/C23H21N3O7S/c1-4-33-17-8-6-5-7-16(17)24-21(28)19-13(2)18(23(29)32-3)22(34-19)25-20(27)14-9-11-15(12-10-14)26(30)31/h5-12H,4H2,1-3H3,(H,24,28)(H,25,27). The Bertz CT molecular complexity index is 1250. The van der Waals surface area contributed by atoms with Crippen LogP contribution in [0.4, 0.5) is 16.4 Å². The average Bonchev–Trinajstić information content (AvgIpc) is 3.15. The highest BCUT2D eigenvalue weighted by Crippen LogP contribution is 2.35. The van der Waals surface area contributed by atoms with Gasteiger partial charge in [-0.15, -0.1) is 11.3 Å². The van der Waals surface area contributed by atoms with Crippen LogP contribution in [0.1, 0.15) is 42.9 Å². The summed E-state index contributed by atoms with van der Waals surface area (Å²) in [6.45, 7) is 3.81. The number of amides is 2. The molecule has 0 fully saturated rings. The van der Waals surface area contributed by atoms with Crippen molar-refractivity contribution in [3.63, 3.8) is 0 Å². The minimum absolute atomic E-state index is 0.0472. The lowest BCUT2D eigenvalue weighted by molar-refractivity contribution is -0.384. The van der Waals surface area contributed by atoms with E-state index < -0.39 is 22.7 Å². The molecule has 2 N–H and O–H groups in total. The van der Waals surface area contributed by atoms with Crippen LogP contribution >= 0.6 is 11.3 Å². The highest BCUT2D eigenvalue weighted by molar-refractivity contribution is 7.19. The van der Waals surface area contributed by atoms with Crippen molar-refractivity contribution in [2.24, 2.45) is 0 Å². The van der Waals surface area contributed by atoms with Gasteiger partial charge in [0.25, 0.3) is 17.5 Å². The highest BCUT2D eigenvalue weighted by Gasteiger charge is 2.27. The number of rotatable bonds is 8. The Morgan fingerprint density at radius 2 is 1.71 bits per heavy atom. The molecule has 0 spiro atoms. The van der Waals surface area contributed by atoms with Crippen LogP contribution in [-0.2, 0) is 4.74 Å². The second-order valence-corrected chi connectivity index (χ2v) is 7.91. The topological polar surface area (TPSA) is 137 Å². The number of carbonyl (C=O) groups excluding carboxylic acids is 3. The van der Waals surface area contributed by atoms with Crippen molar-refractivity contribution in [2.75, 3.05) is 24.4 Å². The molecule has 1 aromatic heterocycles. The Morgan fingerprint density at radius 1 is 1.03 bits per heavy atom. The zero-order valence-electron chi connectivity index (χ0n) is 18.5. The van der Waals surface area contributed by atoms with Crippen molar-refractivity contribution < 1.29 is 28.8 Å². The normalized spacial score (nSPS) is 10.3. The molecule has 10 nitrogen and oxygen atoms in total. The molecule has 2 aromatic carbocycles. The fourth-order valence-corrected chi connectivity index (χ4v) is 4.19. The van der Waals surface area contributed by atoms with Crippen molar-refractivity contribution in [3.8, 4) is 5.75 Å². The number of anilines is 2. The first-order chi connectivity index (χ1) is 16.3. The van der Waals surface area contributed by atoms with Crippen LogP contribution < -0.4 is 15.4 Å². The third-order valence-corrected chi connectivity index (χ3v) is 5.95. The molecule has 2 amide bonds. The number of thiophene rings is 1. The number of non-ortho nitro benzene ring substituents is 1. The fraction of sp³-hybridized carbons (Fsp3) is 0.174. The molecule has 11 heteroatoms. The molecule has 0 bridgehead atoms. The zero-order chi connectivity index (χ0) is 24.8. The first-order valence-corrected chi connectivity index (χ1v) is 10.9. The summed E-state index contributed by atoms with van der Waals surface area (Å²) in [5, 5.41) is 16.3. The third kappa shape index (κ3) is 5.21. The number of nitro groups is 1. The number of carbonyl (C=O) groups is 3. The molecule has 176 valence electrons. The molecule has 1 heterocycles. The van der Waals surface area contributed by atoms with Gasteiger partial charge in [0.2, 0.25) is 0 Å². The zero-order valence-corrected chi connectivity index (χ0v) is 19.4. The fourth-order valence-electron chi connectivity index (χ4n) is 3.11. The number of hydrogen-bond acceptors (Lipinski definition) is 8. The van der Waals surface area contributed by atoms with E-state index in [9.17, 15) is 24.5 Å². The van der Waals surface area contributed by atoms with Crippen molar-refractivity contribution in [3.05, 3.63) is 80.2 Å². The maximum absolute atomic E-state index is 13.0. The lowest BCUT2D eigenvalue weighted by atomic mass is 10.1. The van der Waals surface area contributed by atoms with Crippen molar-refractivity contribution in [1.82, 2.24) is 0 Å². The van der Waals surface area contributed by atoms with Gasteiger partial charge < -0.3 is 20.1 Å². The van der Waals surface area contributed by atoms with E-state index in [-0.39, 0.29) is 26.7 Å². The second kappa shape index (κ2) is 10.6. The molecule has 0 saturated carbocycles. The van der Waals surface area contributed by atoms with E-state index in [1.807, 2.05) is 6.92 Å². The molecular weight excluding hydrogens is 462 g/mol. The Kier molecular flexibility index (Phi) is 7.59. The Morgan fingerprint density at radius 3 is 2.32 bits per heavy atom.